The Morgan fingerprint density at radius 3 is 3.00 bits per heavy atom. The van der Waals surface area contributed by atoms with Crippen LogP contribution in [0.4, 0.5) is 5.82 Å². The second-order valence-corrected chi connectivity index (χ2v) is 5.43. The second kappa shape index (κ2) is 4.84. The van der Waals surface area contributed by atoms with E-state index in [0.717, 1.165) is 47.6 Å². The molecule has 1 unspecified atom stereocenters. The first kappa shape index (κ1) is 12.3. The normalized spacial score (nSPS) is 18.5. The van der Waals surface area contributed by atoms with Crippen molar-refractivity contribution in [2.75, 3.05) is 11.4 Å². The van der Waals surface area contributed by atoms with Crippen molar-refractivity contribution < 1.29 is 4.52 Å². The minimum atomic E-state index is 0.237. The molecule has 1 aliphatic rings. The molecule has 0 N–H and O–H groups in total. The molecule has 2 aromatic heterocycles. The minimum absolute atomic E-state index is 0.237. The summed E-state index contributed by atoms with van der Waals surface area (Å²) in [5.41, 5.74) is 1.97. The maximum atomic E-state index is 5.24. The van der Waals surface area contributed by atoms with E-state index in [1.165, 1.54) is 0 Å². The van der Waals surface area contributed by atoms with Crippen molar-refractivity contribution in [2.24, 2.45) is 0 Å². The van der Waals surface area contributed by atoms with Gasteiger partial charge < -0.3 is 9.42 Å². The number of fused-ring (bicyclic) bond motifs is 1. The summed E-state index contributed by atoms with van der Waals surface area (Å²) in [6.45, 7) is 2.91. The topological polar surface area (TPSA) is 55.1 Å². The molecule has 0 spiro atoms. The second-order valence-electron chi connectivity index (χ2n) is 5.43. The fraction of sp³-hybridized carbons (Fsp3) is 0.312. The number of rotatable bonds is 2. The fourth-order valence-electron chi connectivity index (χ4n) is 3.09. The van der Waals surface area contributed by atoms with E-state index >= 15 is 0 Å². The fourth-order valence-corrected chi connectivity index (χ4v) is 3.09. The third-order valence-electron chi connectivity index (χ3n) is 4.03. The molecule has 1 saturated heterocycles. The molecule has 1 atom stereocenters. The highest BCUT2D eigenvalue weighted by molar-refractivity contribution is 5.89. The van der Waals surface area contributed by atoms with Crippen molar-refractivity contribution >= 4 is 16.7 Å². The monoisotopic (exact) mass is 280 g/mol. The van der Waals surface area contributed by atoms with Gasteiger partial charge in [0.15, 0.2) is 0 Å². The molecule has 0 radical (unpaired) electrons. The molecule has 0 aliphatic carbocycles. The Bertz CT molecular complexity index is 777. The Labute approximate surface area is 122 Å². The van der Waals surface area contributed by atoms with Gasteiger partial charge in [0.05, 0.1) is 11.6 Å². The molecule has 5 nitrogen and oxygen atoms in total. The van der Waals surface area contributed by atoms with Crippen LogP contribution in [0, 0.1) is 6.92 Å². The number of hydrogen-bond acceptors (Lipinski definition) is 5. The van der Waals surface area contributed by atoms with Gasteiger partial charge in [0.1, 0.15) is 23.6 Å². The van der Waals surface area contributed by atoms with E-state index < -0.39 is 0 Å². The summed E-state index contributed by atoms with van der Waals surface area (Å²) in [6.07, 6.45) is 3.85. The average Bonchev–Trinajstić information content (AvgIpc) is 3.15. The van der Waals surface area contributed by atoms with Crippen LogP contribution in [0.15, 0.2) is 41.2 Å². The number of aryl methyl sites for hydroxylation is 1. The molecule has 3 aromatic rings. The molecule has 4 rings (SSSR count). The average molecular weight is 280 g/mol. The number of para-hydroxylation sites is 1. The van der Waals surface area contributed by atoms with Gasteiger partial charge in [-0.25, -0.2) is 9.97 Å². The third kappa shape index (κ3) is 2.05. The zero-order chi connectivity index (χ0) is 14.2. The van der Waals surface area contributed by atoms with Crippen molar-refractivity contribution in [2.45, 2.75) is 25.8 Å². The molecule has 1 aliphatic heterocycles. The van der Waals surface area contributed by atoms with E-state index in [1.54, 1.807) is 6.33 Å². The summed E-state index contributed by atoms with van der Waals surface area (Å²) in [5, 5.41) is 5.28. The number of nitrogens with zero attached hydrogens (tertiary/aromatic N) is 4. The molecule has 106 valence electrons. The van der Waals surface area contributed by atoms with Gasteiger partial charge in [0.25, 0.3) is 0 Å². The molecule has 5 heteroatoms. The van der Waals surface area contributed by atoms with Gasteiger partial charge in [-0.15, -0.1) is 0 Å². The summed E-state index contributed by atoms with van der Waals surface area (Å²) in [7, 11) is 0. The SMILES string of the molecule is Cc1cc(C2CCCN2c2ncnc3ccccc23)no1. The predicted molar refractivity (Wildman–Crippen MR) is 80.1 cm³/mol. The maximum absolute atomic E-state index is 5.24. The number of anilines is 1. The summed E-state index contributed by atoms with van der Waals surface area (Å²) in [6, 6.07) is 10.4. The lowest BCUT2D eigenvalue weighted by atomic mass is 10.1. The Morgan fingerprint density at radius 2 is 2.14 bits per heavy atom. The Balaban J connectivity index is 1.80. The van der Waals surface area contributed by atoms with Crippen molar-refractivity contribution in [3.8, 4) is 0 Å². The quantitative estimate of drug-likeness (QED) is 0.721. The highest BCUT2D eigenvalue weighted by Gasteiger charge is 2.30. The van der Waals surface area contributed by atoms with E-state index in [0.29, 0.717) is 0 Å². The standard InChI is InChI=1S/C16H16N4O/c1-11-9-14(19-21-11)15-7-4-8-20(15)16-12-5-2-3-6-13(12)17-10-18-16/h2-3,5-6,9-10,15H,4,7-8H2,1H3. The number of hydrogen-bond donors (Lipinski definition) is 0. The van der Waals surface area contributed by atoms with Gasteiger partial charge in [0, 0.05) is 18.0 Å². The van der Waals surface area contributed by atoms with E-state index in [4.69, 9.17) is 4.52 Å². The first-order valence-corrected chi connectivity index (χ1v) is 7.22. The molecular weight excluding hydrogens is 264 g/mol. The zero-order valence-electron chi connectivity index (χ0n) is 11.9. The van der Waals surface area contributed by atoms with E-state index in [-0.39, 0.29) is 6.04 Å². The van der Waals surface area contributed by atoms with Gasteiger partial charge in [0.2, 0.25) is 0 Å². The van der Waals surface area contributed by atoms with Gasteiger partial charge in [-0.1, -0.05) is 17.3 Å². The van der Waals surface area contributed by atoms with Gasteiger partial charge in [-0.05, 0) is 31.9 Å². The lowest BCUT2D eigenvalue weighted by Crippen LogP contribution is -2.24. The molecule has 0 amide bonds. The number of aromatic nitrogens is 3. The van der Waals surface area contributed by atoms with Gasteiger partial charge in [-0.2, -0.15) is 0 Å². The van der Waals surface area contributed by atoms with Gasteiger partial charge >= 0.3 is 0 Å². The smallest absolute Gasteiger partial charge is 0.140 e. The summed E-state index contributed by atoms with van der Waals surface area (Å²) in [4.78, 5) is 11.2. The summed E-state index contributed by atoms with van der Waals surface area (Å²) < 4.78 is 5.24. The molecule has 1 fully saturated rings. The van der Waals surface area contributed by atoms with Crippen LogP contribution in [0.25, 0.3) is 10.9 Å². The lowest BCUT2D eigenvalue weighted by Gasteiger charge is -2.25. The third-order valence-corrected chi connectivity index (χ3v) is 4.03. The first-order valence-electron chi connectivity index (χ1n) is 7.22. The first-order chi connectivity index (χ1) is 10.3. The summed E-state index contributed by atoms with van der Waals surface area (Å²) >= 11 is 0. The molecule has 3 heterocycles. The van der Waals surface area contributed by atoms with E-state index in [9.17, 15) is 0 Å². The lowest BCUT2D eigenvalue weighted by molar-refractivity contribution is 0.385. The minimum Gasteiger partial charge on any atom is -0.361 e. The van der Waals surface area contributed by atoms with Crippen LogP contribution in [0.3, 0.4) is 0 Å². The summed E-state index contributed by atoms with van der Waals surface area (Å²) in [5.74, 6) is 1.84. The van der Waals surface area contributed by atoms with E-state index in [1.807, 2.05) is 31.2 Å². The highest BCUT2D eigenvalue weighted by Crippen LogP contribution is 2.37. The maximum Gasteiger partial charge on any atom is 0.140 e. The molecule has 21 heavy (non-hydrogen) atoms. The van der Waals surface area contributed by atoms with Crippen molar-refractivity contribution in [3.05, 3.63) is 48.1 Å². The molecule has 0 bridgehead atoms. The van der Waals surface area contributed by atoms with Crippen LogP contribution in [-0.2, 0) is 0 Å². The van der Waals surface area contributed by atoms with Crippen LogP contribution >= 0.6 is 0 Å². The van der Waals surface area contributed by atoms with Crippen LogP contribution in [0.5, 0.6) is 0 Å². The van der Waals surface area contributed by atoms with Crippen molar-refractivity contribution in [1.29, 1.82) is 0 Å². The Kier molecular flexibility index (Phi) is 2.84. The highest BCUT2D eigenvalue weighted by atomic mass is 16.5. The van der Waals surface area contributed by atoms with Crippen LogP contribution in [0.1, 0.15) is 30.3 Å². The van der Waals surface area contributed by atoms with Crippen LogP contribution in [0.2, 0.25) is 0 Å². The molecular formula is C16H16N4O. The van der Waals surface area contributed by atoms with E-state index in [2.05, 4.69) is 26.1 Å². The number of benzene rings is 1. The molecule has 0 saturated carbocycles. The van der Waals surface area contributed by atoms with Gasteiger partial charge in [-0.3, -0.25) is 0 Å². The molecule has 1 aromatic carbocycles. The Hall–Kier alpha value is -2.43. The predicted octanol–water partition coefficient (Wildman–Crippen LogP) is 3.27. The zero-order valence-corrected chi connectivity index (χ0v) is 11.9. The van der Waals surface area contributed by atoms with Crippen LogP contribution < -0.4 is 4.90 Å². The Morgan fingerprint density at radius 1 is 1.24 bits per heavy atom. The largest absolute Gasteiger partial charge is 0.361 e. The van der Waals surface area contributed by atoms with Crippen molar-refractivity contribution in [3.63, 3.8) is 0 Å². The van der Waals surface area contributed by atoms with Crippen LogP contribution in [-0.4, -0.2) is 21.7 Å². The van der Waals surface area contributed by atoms with Crippen molar-refractivity contribution in [1.82, 2.24) is 15.1 Å².